The van der Waals surface area contributed by atoms with Crippen LogP contribution in [-0.4, -0.2) is 0 Å². The lowest BCUT2D eigenvalue weighted by atomic mass is 9.98. The Bertz CT molecular complexity index is 283. The molecule has 1 atom stereocenters. The Morgan fingerprint density at radius 1 is 1.21 bits per heavy atom. The number of nitrogens with two attached hydrogens (primary N) is 1. The van der Waals surface area contributed by atoms with E-state index >= 15 is 0 Å². The SMILES string of the molecule is CC(C)CC[C@H](N)c1ccccc1I. The number of hydrogen-bond donors (Lipinski definition) is 1. The van der Waals surface area contributed by atoms with Crippen molar-refractivity contribution in [3.8, 4) is 0 Å². The molecule has 0 aliphatic carbocycles. The van der Waals surface area contributed by atoms with Gasteiger partial charge in [0.05, 0.1) is 0 Å². The molecule has 78 valence electrons. The standard InChI is InChI=1S/C12H18IN/c1-9(2)7-8-12(14)10-5-3-4-6-11(10)13/h3-6,9,12H,7-8,14H2,1-2H3/t12-/m0/s1. The fraction of sp³-hybridized carbons (Fsp3) is 0.500. The van der Waals surface area contributed by atoms with E-state index < -0.39 is 0 Å². The van der Waals surface area contributed by atoms with Gasteiger partial charge in [-0.3, -0.25) is 0 Å². The van der Waals surface area contributed by atoms with Crippen LogP contribution in [0.25, 0.3) is 0 Å². The van der Waals surface area contributed by atoms with Crippen molar-refractivity contribution in [1.29, 1.82) is 0 Å². The number of hydrogen-bond acceptors (Lipinski definition) is 1. The van der Waals surface area contributed by atoms with Gasteiger partial charge < -0.3 is 5.73 Å². The van der Waals surface area contributed by atoms with Crippen molar-refractivity contribution < 1.29 is 0 Å². The molecular formula is C12H18IN. The second kappa shape index (κ2) is 5.71. The Balaban J connectivity index is 2.60. The molecule has 1 rings (SSSR count). The van der Waals surface area contributed by atoms with Crippen molar-refractivity contribution in [2.24, 2.45) is 11.7 Å². The first-order valence-corrected chi connectivity index (χ1v) is 6.19. The van der Waals surface area contributed by atoms with Crippen molar-refractivity contribution in [3.63, 3.8) is 0 Å². The summed E-state index contributed by atoms with van der Waals surface area (Å²) in [5.74, 6) is 0.738. The Hall–Kier alpha value is -0.0900. The Morgan fingerprint density at radius 2 is 1.86 bits per heavy atom. The molecule has 0 saturated heterocycles. The first-order chi connectivity index (χ1) is 6.61. The van der Waals surface area contributed by atoms with Crippen LogP contribution in [-0.2, 0) is 0 Å². The highest BCUT2D eigenvalue weighted by molar-refractivity contribution is 14.1. The number of halogens is 1. The van der Waals surface area contributed by atoms with Gasteiger partial charge in [0.25, 0.3) is 0 Å². The first-order valence-electron chi connectivity index (χ1n) is 5.11. The lowest BCUT2D eigenvalue weighted by molar-refractivity contribution is 0.506. The summed E-state index contributed by atoms with van der Waals surface area (Å²) < 4.78 is 1.28. The quantitative estimate of drug-likeness (QED) is 0.843. The Labute approximate surface area is 100 Å². The van der Waals surface area contributed by atoms with Crippen LogP contribution in [0.2, 0.25) is 0 Å². The molecule has 1 aromatic carbocycles. The summed E-state index contributed by atoms with van der Waals surface area (Å²) in [6, 6.07) is 8.57. The fourth-order valence-corrected chi connectivity index (χ4v) is 2.23. The summed E-state index contributed by atoms with van der Waals surface area (Å²) in [5, 5.41) is 0. The summed E-state index contributed by atoms with van der Waals surface area (Å²) in [5.41, 5.74) is 7.43. The summed E-state index contributed by atoms with van der Waals surface area (Å²) >= 11 is 2.35. The lowest BCUT2D eigenvalue weighted by Gasteiger charge is -2.14. The third-order valence-corrected chi connectivity index (χ3v) is 3.34. The molecule has 0 saturated carbocycles. The van der Waals surface area contributed by atoms with Gasteiger partial charge in [-0.2, -0.15) is 0 Å². The van der Waals surface area contributed by atoms with E-state index in [0.717, 1.165) is 12.3 Å². The molecule has 0 radical (unpaired) electrons. The van der Waals surface area contributed by atoms with Crippen LogP contribution in [0.15, 0.2) is 24.3 Å². The van der Waals surface area contributed by atoms with E-state index in [1.165, 1.54) is 15.6 Å². The van der Waals surface area contributed by atoms with Crippen molar-refractivity contribution in [1.82, 2.24) is 0 Å². The second-order valence-electron chi connectivity index (χ2n) is 4.10. The molecule has 0 spiro atoms. The van der Waals surface area contributed by atoms with Gasteiger partial charge in [-0.15, -0.1) is 0 Å². The molecule has 0 aliphatic rings. The summed E-state index contributed by atoms with van der Waals surface area (Å²) in [6.07, 6.45) is 2.28. The molecule has 0 amide bonds. The van der Waals surface area contributed by atoms with E-state index in [-0.39, 0.29) is 6.04 Å². The summed E-state index contributed by atoms with van der Waals surface area (Å²) in [6.45, 7) is 4.48. The van der Waals surface area contributed by atoms with E-state index in [2.05, 4.69) is 60.7 Å². The molecule has 0 aromatic heterocycles. The molecular weight excluding hydrogens is 285 g/mol. The normalized spacial score (nSPS) is 13.2. The van der Waals surface area contributed by atoms with E-state index in [1.54, 1.807) is 0 Å². The third-order valence-electron chi connectivity index (χ3n) is 2.36. The van der Waals surface area contributed by atoms with Gasteiger partial charge in [-0.25, -0.2) is 0 Å². The Kier molecular flexibility index (Phi) is 4.89. The van der Waals surface area contributed by atoms with E-state index in [9.17, 15) is 0 Å². The smallest absolute Gasteiger partial charge is 0.0305 e. The van der Waals surface area contributed by atoms with E-state index in [4.69, 9.17) is 5.73 Å². The second-order valence-corrected chi connectivity index (χ2v) is 5.26. The van der Waals surface area contributed by atoms with Gasteiger partial charge in [0.15, 0.2) is 0 Å². The summed E-state index contributed by atoms with van der Waals surface area (Å²) in [4.78, 5) is 0. The lowest BCUT2D eigenvalue weighted by Crippen LogP contribution is -2.12. The zero-order chi connectivity index (χ0) is 10.6. The van der Waals surface area contributed by atoms with Gasteiger partial charge >= 0.3 is 0 Å². The van der Waals surface area contributed by atoms with Crippen LogP contribution in [0.4, 0.5) is 0 Å². The molecule has 0 heterocycles. The average molecular weight is 303 g/mol. The van der Waals surface area contributed by atoms with Crippen LogP contribution in [0.1, 0.15) is 38.3 Å². The fourth-order valence-electron chi connectivity index (χ4n) is 1.44. The molecule has 0 unspecified atom stereocenters. The van der Waals surface area contributed by atoms with Gasteiger partial charge in [0.1, 0.15) is 0 Å². The molecule has 2 N–H and O–H groups in total. The molecule has 0 aliphatic heterocycles. The molecule has 1 aromatic rings. The van der Waals surface area contributed by atoms with Crippen molar-refractivity contribution in [2.75, 3.05) is 0 Å². The van der Waals surface area contributed by atoms with Crippen LogP contribution < -0.4 is 5.73 Å². The molecule has 1 nitrogen and oxygen atoms in total. The van der Waals surface area contributed by atoms with Gasteiger partial charge in [0.2, 0.25) is 0 Å². The molecule has 2 heteroatoms. The molecule has 0 fully saturated rings. The minimum Gasteiger partial charge on any atom is -0.324 e. The maximum absolute atomic E-state index is 6.14. The minimum atomic E-state index is 0.200. The van der Waals surface area contributed by atoms with E-state index in [1.807, 2.05) is 0 Å². The minimum absolute atomic E-state index is 0.200. The van der Waals surface area contributed by atoms with Gasteiger partial charge in [0, 0.05) is 9.61 Å². The van der Waals surface area contributed by atoms with Crippen molar-refractivity contribution in [2.45, 2.75) is 32.7 Å². The topological polar surface area (TPSA) is 26.0 Å². The van der Waals surface area contributed by atoms with Crippen molar-refractivity contribution in [3.05, 3.63) is 33.4 Å². The summed E-state index contributed by atoms with van der Waals surface area (Å²) in [7, 11) is 0. The Morgan fingerprint density at radius 3 is 2.43 bits per heavy atom. The predicted molar refractivity (Wildman–Crippen MR) is 70.2 cm³/mol. The monoisotopic (exact) mass is 303 g/mol. The maximum atomic E-state index is 6.14. The highest BCUT2D eigenvalue weighted by Crippen LogP contribution is 2.22. The highest BCUT2D eigenvalue weighted by atomic mass is 127. The molecule has 0 bridgehead atoms. The van der Waals surface area contributed by atoms with E-state index in [0.29, 0.717) is 0 Å². The van der Waals surface area contributed by atoms with Crippen molar-refractivity contribution >= 4 is 22.6 Å². The zero-order valence-corrected chi connectivity index (χ0v) is 11.0. The van der Waals surface area contributed by atoms with Crippen LogP contribution in [0, 0.1) is 9.49 Å². The van der Waals surface area contributed by atoms with Gasteiger partial charge in [-0.05, 0) is 53.0 Å². The first kappa shape index (κ1) is 12.0. The average Bonchev–Trinajstić information content (AvgIpc) is 2.15. The van der Waals surface area contributed by atoms with Gasteiger partial charge in [-0.1, -0.05) is 32.0 Å². The third kappa shape index (κ3) is 3.58. The zero-order valence-electron chi connectivity index (χ0n) is 8.83. The largest absolute Gasteiger partial charge is 0.324 e. The van der Waals surface area contributed by atoms with Crippen LogP contribution in [0.3, 0.4) is 0 Å². The van der Waals surface area contributed by atoms with Crippen LogP contribution >= 0.6 is 22.6 Å². The number of benzene rings is 1. The molecule has 14 heavy (non-hydrogen) atoms. The predicted octanol–water partition coefficient (Wildman–Crippen LogP) is 3.73. The maximum Gasteiger partial charge on any atom is 0.0305 e. The number of rotatable bonds is 4. The highest BCUT2D eigenvalue weighted by Gasteiger charge is 2.09. The van der Waals surface area contributed by atoms with Crippen LogP contribution in [0.5, 0.6) is 0 Å².